The van der Waals surface area contributed by atoms with Crippen LogP contribution in [0.25, 0.3) is 0 Å². The molecule has 2 spiro atoms. The van der Waals surface area contributed by atoms with Crippen molar-refractivity contribution in [2.45, 2.75) is 24.9 Å². The number of piperazine rings is 1. The molecule has 4 N–H and O–H groups in total. The number of alkyl halides is 2. The molecular weight excluding hydrogens is 626 g/mol. The minimum absolute atomic E-state index is 0.0171. The number of quaternary nitrogens is 2. The molecule has 0 amide bonds. The lowest BCUT2D eigenvalue weighted by Crippen LogP contribution is -2.70. The molecule has 0 aromatic rings. The molecule has 0 radical (unpaired) electrons. The summed E-state index contributed by atoms with van der Waals surface area (Å²) in [5.41, 5.74) is -3.62. The second-order valence-corrected chi connectivity index (χ2v) is 10.8. The second kappa shape index (κ2) is 7.99. The van der Waals surface area contributed by atoms with Gasteiger partial charge in [-0.05, 0) is 0 Å². The highest BCUT2D eigenvalue weighted by Gasteiger charge is 2.69. The van der Waals surface area contributed by atoms with Crippen molar-refractivity contribution < 1.29 is 48.6 Å². The van der Waals surface area contributed by atoms with Gasteiger partial charge in [0.25, 0.3) is 0 Å². The SMILES string of the molecule is O=C(O)C1(C(=O)O)CC(CI)[N+]2(CC[N+]3(CC2)CC(C(=O)O)(C(=O)O)CC3CI)C1. The van der Waals surface area contributed by atoms with Gasteiger partial charge in [0.2, 0.25) is 10.8 Å². The summed E-state index contributed by atoms with van der Waals surface area (Å²) in [6.07, 6.45) is 0.148. The molecular formula is C18H26I2N2O8+2. The van der Waals surface area contributed by atoms with E-state index in [9.17, 15) is 39.6 Å². The first kappa shape index (κ1) is 23.9. The van der Waals surface area contributed by atoms with Crippen LogP contribution in [-0.2, 0) is 19.2 Å². The van der Waals surface area contributed by atoms with Crippen molar-refractivity contribution in [2.24, 2.45) is 10.8 Å². The zero-order valence-corrected chi connectivity index (χ0v) is 20.6. The standard InChI is InChI=1S/C18H24I2N2O8/c19-7-11-5-17(13(23)24,14(25)26)9-21(11)1-2-22(4-3-21)10-18(15(27)28,16(29)30)6-12(22)8-20/h11-12H,1-10H2,(H2-2,23,24,25,26,27,28,29,30)/p+2. The number of aliphatic carboxylic acids is 4. The van der Waals surface area contributed by atoms with Crippen LogP contribution < -0.4 is 0 Å². The molecule has 0 aromatic carbocycles. The van der Waals surface area contributed by atoms with E-state index in [-0.39, 0.29) is 38.0 Å². The molecule has 12 heteroatoms. The monoisotopic (exact) mass is 652 g/mol. The Hall–Kier alpha value is -0.740. The molecule has 0 aliphatic carbocycles. The van der Waals surface area contributed by atoms with E-state index < -0.39 is 34.7 Å². The number of rotatable bonds is 6. The number of halogens is 2. The van der Waals surface area contributed by atoms with E-state index in [1.165, 1.54) is 0 Å². The van der Waals surface area contributed by atoms with Gasteiger partial charge in [-0.2, -0.15) is 0 Å². The Morgan fingerprint density at radius 2 is 0.933 bits per heavy atom. The van der Waals surface area contributed by atoms with Crippen LogP contribution in [0.2, 0.25) is 0 Å². The average molecular weight is 652 g/mol. The van der Waals surface area contributed by atoms with Crippen LogP contribution in [0, 0.1) is 10.8 Å². The summed E-state index contributed by atoms with van der Waals surface area (Å²) in [5.74, 6) is -5.24. The number of hydrogen-bond acceptors (Lipinski definition) is 4. The first-order valence-electron chi connectivity index (χ1n) is 9.71. The first-order chi connectivity index (χ1) is 13.9. The maximum absolute atomic E-state index is 11.9. The summed E-state index contributed by atoms with van der Waals surface area (Å²) >= 11 is 4.35. The molecule has 2 unspecified atom stereocenters. The van der Waals surface area contributed by atoms with Gasteiger partial charge in [-0.1, -0.05) is 45.2 Å². The number of carbonyl (C=O) groups is 4. The molecule has 0 bridgehead atoms. The zero-order chi connectivity index (χ0) is 22.5. The summed E-state index contributed by atoms with van der Waals surface area (Å²) in [4.78, 5) is 47.6. The molecule has 0 aromatic heterocycles. The Kier molecular flexibility index (Phi) is 6.37. The van der Waals surface area contributed by atoms with E-state index in [0.717, 1.165) is 0 Å². The number of carboxylic acid groups (broad SMARTS) is 4. The fourth-order valence-electron chi connectivity index (χ4n) is 5.93. The second-order valence-electron chi connectivity index (χ2n) is 9.06. The van der Waals surface area contributed by atoms with Crippen LogP contribution in [0.3, 0.4) is 0 Å². The quantitative estimate of drug-likeness (QED) is 0.139. The predicted octanol–water partition coefficient (Wildman–Crippen LogP) is 0.359. The Labute approximate surface area is 200 Å². The lowest BCUT2D eigenvalue weighted by atomic mass is 9.86. The predicted molar refractivity (Wildman–Crippen MR) is 120 cm³/mol. The molecule has 3 rings (SSSR count). The number of nitrogens with zero attached hydrogens (tertiary/aromatic N) is 2. The van der Waals surface area contributed by atoms with E-state index in [1.807, 2.05) is 0 Å². The van der Waals surface area contributed by atoms with Gasteiger partial charge in [0.15, 0.2) is 0 Å². The third kappa shape index (κ3) is 3.32. The third-order valence-electron chi connectivity index (χ3n) is 7.86. The van der Waals surface area contributed by atoms with Gasteiger partial charge in [0, 0.05) is 12.8 Å². The van der Waals surface area contributed by atoms with Gasteiger partial charge in [-0.3, -0.25) is 19.2 Å². The lowest BCUT2D eigenvalue weighted by molar-refractivity contribution is -1.04. The minimum atomic E-state index is -1.81. The summed E-state index contributed by atoms with van der Waals surface area (Å²) in [6.45, 7) is 2.14. The summed E-state index contributed by atoms with van der Waals surface area (Å²) in [5, 5.41) is 38.8. The van der Waals surface area contributed by atoms with Crippen LogP contribution in [0.4, 0.5) is 0 Å². The van der Waals surface area contributed by atoms with Gasteiger partial charge >= 0.3 is 23.9 Å². The van der Waals surface area contributed by atoms with Gasteiger partial charge in [0.1, 0.15) is 51.4 Å². The molecule has 3 heterocycles. The first-order valence-corrected chi connectivity index (χ1v) is 12.8. The van der Waals surface area contributed by atoms with E-state index >= 15 is 0 Å². The molecule has 0 saturated carbocycles. The molecule has 30 heavy (non-hydrogen) atoms. The van der Waals surface area contributed by atoms with Gasteiger partial charge in [-0.15, -0.1) is 0 Å². The largest absolute Gasteiger partial charge is 0.480 e. The molecule has 168 valence electrons. The molecule has 3 aliphatic rings. The van der Waals surface area contributed by atoms with Crippen molar-refractivity contribution >= 4 is 69.1 Å². The van der Waals surface area contributed by atoms with Crippen molar-refractivity contribution in [3.05, 3.63) is 0 Å². The summed E-state index contributed by atoms with van der Waals surface area (Å²) in [6, 6.07) is -0.218. The van der Waals surface area contributed by atoms with Crippen LogP contribution in [0.1, 0.15) is 12.8 Å². The van der Waals surface area contributed by atoms with E-state index in [0.29, 0.717) is 44.0 Å². The molecule has 3 aliphatic heterocycles. The van der Waals surface area contributed by atoms with Gasteiger partial charge in [-0.25, -0.2) is 0 Å². The van der Waals surface area contributed by atoms with Crippen molar-refractivity contribution in [1.82, 2.24) is 0 Å². The molecule has 3 saturated heterocycles. The highest BCUT2D eigenvalue weighted by molar-refractivity contribution is 14.1. The smallest absolute Gasteiger partial charge is 0.327 e. The number of hydrogen-bond donors (Lipinski definition) is 4. The van der Waals surface area contributed by atoms with Gasteiger partial charge in [0.05, 0.1) is 8.86 Å². The maximum atomic E-state index is 11.9. The van der Waals surface area contributed by atoms with Crippen LogP contribution in [0.15, 0.2) is 0 Å². The minimum Gasteiger partial charge on any atom is -0.480 e. The van der Waals surface area contributed by atoms with E-state index in [4.69, 9.17) is 0 Å². The summed E-state index contributed by atoms with van der Waals surface area (Å²) < 4.78 is 2.04. The van der Waals surface area contributed by atoms with Crippen LogP contribution in [0.5, 0.6) is 0 Å². The van der Waals surface area contributed by atoms with Crippen LogP contribution in [-0.4, -0.2) is 113 Å². The van der Waals surface area contributed by atoms with Crippen molar-refractivity contribution in [3.8, 4) is 0 Å². The number of carboxylic acids is 4. The highest BCUT2D eigenvalue weighted by atomic mass is 127. The third-order valence-corrected chi connectivity index (χ3v) is 9.90. The van der Waals surface area contributed by atoms with Crippen molar-refractivity contribution in [3.63, 3.8) is 0 Å². The van der Waals surface area contributed by atoms with Gasteiger partial charge < -0.3 is 29.4 Å². The normalized spacial score (nSPS) is 36.7. The Balaban J connectivity index is 1.90. The molecule has 3 fully saturated rings. The fraction of sp³-hybridized carbons (Fsp3) is 0.778. The Bertz CT molecular complexity index is 688. The topological polar surface area (TPSA) is 149 Å². The van der Waals surface area contributed by atoms with Crippen LogP contribution >= 0.6 is 45.2 Å². The Morgan fingerprint density at radius 3 is 1.13 bits per heavy atom. The fourth-order valence-corrected chi connectivity index (χ4v) is 8.22. The van der Waals surface area contributed by atoms with Crippen molar-refractivity contribution in [2.75, 3.05) is 48.1 Å². The lowest BCUT2D eigenvalue weighted by Gasteiger charge is -2.51. The Morgan fingerprint density at radius 1 is 0.667 bits per heavy atom. The summed E-state index contributed by atoms with van der Waals surface area (Å²) in [7, 11) is 0. The average Bonchev–Trinajstić information content (AvgIpc) is 3.19. The highest BCUT2D eigenvalue weighted by Crippen LogP contribution is 2.47. The zero-order valence-electron chi connectivity index (χ0n) is 16.3. The van der Waals surface area contributed by atoms with E-state index in [2.05, 4.69) is 45.2 Å². The van der Waals surface area contributed by atoms with Crippen molar-refractivity contribution in [1.29, 1.82) is 0 Å². The molecule has 10 nitrogen and oxygen atoms in total. The molecule has 2 atom stereocenters. The maximum Gasteiger partial charge on any atom is 0.327 e. The van der Waals surface area contributed by atoms with E-state index in [1.54, 1.807) is 0 Å².